The minimum absolute atomic E-state index is 0.0141. The first-order valence-corrected chi connectivity index (χ1v) is 7.02. The second-order valence-corrected chi connectivity index (χ2v) is 5.58. The lowest BCUT2D eigenvalue weighted by atomic mass is 9.79. The van der Waals surface area contributed by atoms with E-state index in [1.54, 1.807) is 0 Å². The van der Waals surface area contributed by atoms with Gasteiger partial charge in [0.25, 0.3) is 0 Å². The Labute approximate surface area is 109 Å². The maximum atomic E-state index is 12.1. The first-order chi connectivity index (χ1) is 8.60. The molecule has 1 saturated heterocycles. The van der Waals surface area contributed by atoms with Crippen molar-refractivity contribution < 1.29 is 14.3 Å². The van der Waals surface area contributed by atoms with Crippen molar-refractivity contribution in [3.05, 3.63) is 0 Å². The number of nitrogens with zero attached hydrogens (tertiary/aromatic N) is 1. The quantitative estimate of drug-likeness (QED) is 0.765. The highest BCUT2D eigenvalue weighted by Gasteiger charge is 2.33. The molecule has 0 aromatic carbocycles. The summed E-state index contributed by atoms with van der Waals surface area (Å²) < 4.78 is 5.50. The van der Waals surface area contributed by atoms with E-state index in [4.69, 9.17) is 4.74 Å². The normalized spacial score (nSPS) is 32.2. The fraction of sp³-hybridized carbons (Fsp3) is 0.857. The van der Waals surface area contributed by atoms with Gasteiger partial charge in [-0.2, -0.15) is 0 Å². The molecule has 1 amide bonds. The number of rotatable bonds is 4. The molecule has 0 N–H and O–H groups in total. The Hall–Kier alpha value is -0.900. The summed E-state index contributed by atoms with van der Waals surface area (Å²) in [5.41, 5.74) is 0. The molecule has 2 rings (SSSR count). The van der Waals surface area contributed by atoms with Crippen LogP contribution in [-0.2, 0) is 14.3 Å². The molecule has 4 heteroatoms. The molecule has 0 aromatic heterocycles. The zero-order valence-corrected chi connectivity index (χ0v) is 11.4. The summed E-state index contributed by atoms with van der Waals surface area (Å²) in [6.07, 6.45) is 3.56. The summed E-state index contributed by atoms with van der Waals surface area (Å²) in [7, 11) is 0. The maximum Gasteiger partial charge on any atom is 0.222 e. The Morgan fingerprint density at radius 2 is 2.17 bits per heavy atom. The summed E-state index contributed by atoms with van der Waals surface area (Å²) >= 11 is 0. The third-order valence-electron chi connectivity index (χ3n) is 4.08. The topological polar surface area (TPSA) is 46.6 Å². The fourth-order valence-corrected chi connectivity index (χ4v) is 2.83. The van der Waals surface area contributed by atoms with Crippen LogP contribution in [0.4, 0.5) is 0 Å². The smallest absolute Gasteiger partial charge is 0.222 e. The highest BCUT2D eigenvalue weighted by Crippen LogP contribution is 2.33. The average Bonchev–Trinajstić information content (AvgIpc) is 2.30. The van der Waals surface area contributed by atoms with Crippen molar-refractivity contribution >= 4 is 11.7 Å². The van der Waals surface area contributed by atoms with Crippen molar-refractivity contribution in [1.29, 1.82) is 0 Å². The summed E-state index contributed by atoms with van der Waals surface area (Å²) in [5.74, 6) is 1.01. The molecule has 0 radical (unpaired) electrons. The summed E-state index contributed by atoms with van der Waals surface area (Å²) in [6, 6.07) is 0. The van der Waals surface area contributed by atoms with E-state index in [1.807, 2.05) is 18.7 Å². The minimum atomic E-state index is 0.0141. The summed E-state index contributed by atoms with van der Waals surface area (Å²) in [4.78, 5) is 25.4. The zero-order chi connectivity index (χ0) is 13.1. The predicted octanol–water partition coefficient (Wildman–Crippen LogP) is 1.63. The largest absolute Gasteiger partial charge is 0.378 e. The third kappa shape index (κ3) is 3.10. The molecule has 4 nitrogen and oxygen atoms in total. The van der Waals surface area contributed by atoms with E-state index in [1.165, 1.54) is 0 Å². The molecule has 1 heterocycles. The molecule has 1 saturated carbocycles. The van der Waals surface area contributed by atoms with Gasteiger partial charge < -0.3 is 9.64 Å². The van der Waals surface area contributed by atoms with Crippen LogP contribution in [0.2, 0.25) is 0 Å². The number of hydrogen-bond donors (Lipinski definition) is 0. The number of piperidine rings is 1. The molecule has 0 spiro atoms. The number of ether oxygens (including phenoxy) is 1. The second-order valence-electron chi connectivity index (χ2n) is 5.58. The number of Topliss-reactive ketones (excluding diaryl/α,β-unsaturated/α-hetero) is 1. The first-order valence-electron chi connectivity index (χ1n) is 7.02. The molecule has 1 aliphatic heterocycles. The van der Waals surface area contributed by atoms with Crippen LogP contribution in [0.25, 0.3) is 0 Å². The number of hydrogen-bond acceptors (Lipinski definition) is 3. The predicted molar refractivity (Wildman–Crippen MR) is 68.1 cm³/mol. The van der Waals surface area contributed by atoms with E-state index in [-0.39, 0.29) is 11.8 Å². The van der Waals surface area contributed by atoms with Crippen molar-refractivity contribution in [2.75, 3.05) is 19.7 Å². The van der Waals surface area contributed by atoms with E-state index in [9.17, 15) is 9.59 Å². The van der Waals surface area contributed by atoms with Gasteiger partial charge in [0.15, 0.2) is 0 Å². The van der Waals surface area contributed by atoms with Crippen molar-refractivity contribution in [1.82, 2.24) is 4.90 Å². The molecular formula is C14H23NO3. The van der Waals surface area contributed by atoms with Crippen LogP contribution in [0.3, 0.4) is 0 Å². The van der Waals surface area contributed by atoms with Crippen LogP contribution in [0.1, 0.15) is 39.5 Å². The third-order valence-corrected chi connectivity index (χ3v) is 4.08. The Bertz CT molecular complexity index is 323. The van der Waals surface area contributed by atoms with Gasteiger partial charge in [0.1, 0.15) is 5.78 Å². The first kappa shape index (κ1) is 13.5. The molecule has 1 atom stereocenters. The molecule has 18 heavy (non-hydrogen) atoms. The Morgan fingerprint density at radius 1 is 1.44 bits per heavy atom. The molecule has 102 valence electrons. The van der Waals surface area contributed by atoms with Gasteiger partial charge in [-0.25, -0.2) is 0 Å². The zero-order valence-electron chi connectivity index (χ0n) is 11.4. The molecule has 2 aliphatic rings. The van der Waals surface area contributed by atoms with E-state index < -0.39 is 0 Å². The van der Waals surface area contributed by atoms with Gasteiger partial charge in [-0.3, -0.25) is 9.59 Å². The van der Waals surface area contributed by atoms with Crippen molar-refractivity contribution in [2.45, 2.75) is 45.6 Å². The lowest BCUT2D eigenvalue weighted by Gasteiger charge is -2.37. The second kappa shape index (κ2) is 5.83. The molecule has 1 unspecified atom stereocenters. The molecular weight excluding hydrogens is 230 g/mol. The van der Waals surface area contributed by atoms with E-state index in [0.29, 0.717) is 43.7 Å². The standard InChI is InChI=1S/C14H23NO3/c1-3-18-12-6-11(7-12)8-14(17)15-5-4-13(16)10(2)9-15/h10-12H,3-9H2,1-2H3. The van der Waals surface area contributed by atoms with Crippen LogP contribution in [0.5, 0.6) is 0 Å². The maximum absolute atomic E-state index is 12.1. The minimum Gasteiger partial charge on any atom is -0.378 e. The van der Waals surface area contributed by atoms with Crippen molar-refractivity contribution in [3.63, 3.8) is 0 Å². The van der Waals surface area contributed by atoms with Crippen LogP contribution < -0.4 is 0 Å². The van der Waals surface area contributed by atoms with Crippen LogP contribution in [-0.4, -0.2) is 42.4 Å². The molecule has 1 aliphatic carbocycles. The van der Waals surface area contributed by atoms with Gasteiger partial charge in [-0.05, 0) is 25.7 Å². The number of amides is 1. The van der Waals surface area contributed by atoms with Crippen LogP contribution in [0.15, 0.2) is 0 Å². The van der Waals surface area contributed by atoms with Gasteiger partial charge in [0.05, 0.1) is 6.10 Å². The van der Waals surface area contributed by atoms with Gasteiger partial charge in [0, 0.05) is 38.5 Å². The van der Waals surface area contributed by atoms with Crippen molar-refractivity contribution in [2.24, 2.45) is 11.8 Å². The summed E-state index contributed by atoms with van der Waals surface area (Å²) in [6.45, 7) is 5.90. The lowest BCUT2D eigenvalue weighted by Crippen LogP contribution is -2.45. The number of likely N-dealkylation sites (tertiary alicyclic amines) is 1. The van der Waals surface area contributed by atoms with E-state index in [0.717, 1.165) is 19.4 Å². The van der Waals surface area contributed by atoms with Crippen LogP contribution in [0, 0.1) is 11.8 Å². The molecule has 2 fully saturated rings. The fourth-order valence-electron chi connectivity index (χ4n) is 2.83. The van der Waals surface area contributed by atoms with Gasteiger partial charge in [0.2, 0.25) is 5.91 Å². The van der Waals surface area contributed by atoms with Gasteiger partial charge in [-0.1, -0.05) is 6.92 Å². The number of carbonyl (C=O) groups excluding carboxylic acids is 2. The van der Waals surface area contributed by atoms with E-state index in [2.05, 4.69) is 0 Å². The molecule has 0 aromatic rings. The highest BCUT2D eigenvalue weighted by molar-refractivity contribution is 5.85. The van der Waals surface area contributed by atoms with Crippen molar-refractivity contribution in [3.8, 4) is 0 Å². The summed E-state index contributed by atoms with van der Waals surface area (Å²) in [5, 5.41) is 0. The Balaban J connectivity index is 1.71. The number of carbonyl (C=O) groups is 2. The van der Waals surface area contributed by atoms with Crippen LogP contribution >= 0.6 is 0 Å². The molecule has 0 bridgehead atoms. The SMILES string of the molecule is CCOC1CC(CC(=O)N2CCC(=O)C(C)C2)C1. The Morgan fingerprint density at radius 3 is 2.78 bits per heavy atom. The van der Waals surface area contributed by atoms with Gasteiger partial charge in [-0.15, -0.1) is 0 Å². The number of ketones is 1. The average molecular weight is 253 g/mol. The highest BCUT2D eigenvalue weighted by atomic mass is 16.5. The van der Waals surface area contributed by atoms with E-state index >= 15 is 0 Å². The van der Waals surface area contributed by atoms with Gasteiger partial charge >= 0.3 is 0 Å². The Kier molecular flexibility index (Phi) is 4.38. The lowest BCUT2D eigenvalue weighted by molar-refractivity contribution is -0.139. The monoisotopic (exact) mass is 253 g/mol.